The van der Waals surface area contributed by atoms with E-state index < -0.39 is 17.6 Å². The van der Waals surface area contributed by atoms with Crippen molar-refractivity contribution < 1.29 is 18.7 Å². The Kier molecular flexibility index (Phi) is 3.98. The first kappa shape index (κ1) is 14.0. The molecule has 0 saturated heterocycles. The molecular formula is C15H13F2NO2. The van der Waals surface area contributed by atoms with Crippen LogP contribution in [0.5, 0.6) is 0 Å². The Labute approximate surface area is 115 Å². The van der Waals surface area contributed by atoms with Crippen LogP contribution in [0.1, 0.15) is 17.3 Å². The monoisotopic (exact) mass is 277 g/mol. The van der Waals surface area contributed by atoms with Crippen LogP contribution in [0, 0.1) is 11.6 Å². The lowest BCUT2D eigenvalue weighted by molar-refractivity contribution is 0.0696. The van der Waals surface area contributed by atoms with Crippen molar-refractivity contribution in [3.05, 3.63) is 59.7 Å². The fourth-order valence-corrected chi connectivity index (χ4v) is 2.00. The lowest BCUT2D eigenvalue weighted by atomic mass is 10.1. The predicted octanol–water partition coefficient (Wildman–Crippen LogP) is 3.82. The molecule has 0 heterocycles. The summed E-state index contributed by atoms with van der Waals surface area (Å²) < 4.78 is 27.8. The van der Waals surface area contributed by atoms with Gasteiger partial charge in [0.15, 0.2) is 0 Å². The molecule has 104 valence electrons. The van der Waals surface area contributed by atoms with Crippen molar-refractivity contribution in [3.63, 3.8) is 0 Å². The molecule has 2 rings (SSSR count). The second-order valence-corrected chi connectivity index (χ2v) is 4.17. The summed E-state index contributed by atoms with van der Waals surface area (Å²) in [4.78, 5) is 12.2. The van der Waals surface area contributed by atoms with Crippen LogP contribution in [0.3, 0.4) is 0 Å². The number of aromatic carboxylic acids is 1. The van der Waals surface area contributed by atoms with Gasteiger partial charge < -0.3 is 10.0 Å². The number of benzene rings is 2. The van der Waals surface area contributed by atoms with E-state index in [0.29, 0.717) is 6.54 Å². The number of hydrogen-bond acceptors (Lipinski definition) is 2. The van der Waals surface area contributed by atoms with E-state index in [4.69, 9.17) is 5.11 Å². The summed E-state index contributed by atoms with van der Waals surface area (Å²) in [5, 5.41) is 8.82. The van der Waals surface area contributed by atoms with Crippen LogP contribution in [-0.2, 0) is 0 Å². The molecular weight excluding hydrogens is 264 g/mol. The molecule has 1 N–H and O–H groups in total. The number of nitrogens with zero attached hydrogens (tertiary/aromatic N) is 1. The molecule has 2 aromatic rings. The molecule has 0 aliphatic rings. The molecule has 3 nitrogen and oxygen atoms in total. The van der Waals surface area contributed by atoms with Gasteiger partial charge in [-0.25, -0.2) is 13.6 Å². The van der Waals surface area contributed by atoms with Crippen molar-refractivity contribution in [2.24, 2.45) is 0 Å². The Balaban J connectivity index is 2.48. The minimum absolute atomic E-state index is 0.141. The highest BCUT2D eigenvalue weighted by atomic mass is 19.1. The summed E-state index contributed by atoms with van der Waals surface area (Å²) in [7, 11) is 0. The molecule has 0 atom stereocenters. The normalized spacial score (nSPS) is 10.3. The van der Waals surface area contributed by atoms with E-state index in [1.807, 2.05) is 0 Å². The van der Waals surface area contributed by atoms with Crippen molar-refractivity contribution >= 4 is 17.3 Å². The fraction of sp³-hybridized carbons (Fsp3) is 0.133. The summed E-state index contributed by atoms with van der Waals surface area (Å²) in [6.45, 7) is 2.11. The third kappa shape index (κ3) is 2.61. The van der Waals surface area contributed by atoms with Gasteiger partial charge in [-0.15, -0.1) is 0 Å². The van der Waals surface area contributed by atoms with Gasteiger partial charge >= 0.3 is 5.97 Å². The summed E-state index contributed by atoms with van der Waals surface area (Å²) in [5.41, 5.74) is 0.246. The van der Waals surface area contributed by atoms with Crippen LogP contribution in [0.4, 0.5) is 20.2 Å². The largest absolute Gasteiger partial charge is 0.478 e. The average Bonchev–Trinajstić information content (AvgIpc) is 2.43. The van der Waals surface area contributed by atoms with E-state index in [2.05, 4.69) is 0 Å². The summed E-state index contributed by atoms with van der Waals surface area (Å²) >= 11 is 0. The van der Waals surface area contributed by atoms with Crippen LogP contribution in [-0.4, -0.2) is 17.6 Å². The maximum Gasteiger partial charge on any atom is 0.335 e. The number of rotatable bonds is 4. The first-order valence-electron chi connectivity index (χ1n) is 6.09. The van der Waals surface area contributed by atoms with E-state index >= 15 is 0 Å². The Bertz CT molecular complexity index is 644. The highest BCUT2D eigenvalue weighted by molar-refractivity contribution is 5.88. The maximum absolute atomic E-state index is 14.0. The van der Waals surface area contributed by atoms with Crippen LogP contribution >= 0.6 is 0 Å². The standard InChI is InChI=1S/C15H13F2NO2/c1-2-18(13-6-4-3-5-11(13)16)14-8-7-10(15(19)20)9-12(14)17/h3-9H,2H2,1H3,(H,19,20). The van der Waals surface area contributed by atoms with E-state index in [1.54, 1.807) is 25.1 Å². The number of para-hydroxylation sites is 1. The zero-order valence-corrected chi connectivity index (χ0v) is 10.8. The van der Waals surface area contributed by atoms with Crippen LogP contribution < -0.4 is 4.90 Å². The first-order valence-corrected chi connectivity index (χ1v) is 6.09. The number of carboxylic acids is 1. The molecule has 0 unspecified atom stereocenters. The molecule has 0 spiro atoms. The van der Waals surface area contributed by atoms with Crippen LogP contribution in [0.2, 0.25) is 0 Å². The van der Waals surface area contributed by atoms with Gasteiger partial charge in [-0.1, -0.05) is 12.1 Å². The third-order valence-corrected chi connectivity index (χ3v) is 2.94. The lowest BCUT2D eigenvalue weighted by Gasteiger charge is -2.24. The van der Waals surface area contributed by atoms with Crippen LogP contribution in [0.25, 0.3) is 0 Å². The Morgan fingerprint density at radius 2 is 1.75 bits per heavy atom. The second-order valence-electron chi connectivity index (χ2n) is 4.17. The molecule has 0 amide bonds. The van der Waals surface area contributed by atoms with E-state index in [9.17, 15) is 13.6 Å². The van der Waals surface area contributed by atoms with Gasteiger partial charge in [0.2, 0.25) is 0 Å². The SMILES string of the molecule is CCN(c1ccccc1F)c1ccc(C(=O)O)cc1F. The predicted molar refractivity (Wildman–Crippen MR) is 72.4 cm³/mol. The van der Waals surface area contributed by atoms with Crippen LogP contribution in [0.15, 0.2) is 42.5 Å². The minimum atomic E-state index is -1.20. The number of carboxylic acid groups (broad SMARTS) is 1. The number of carbonyl (C=O) groups is 1. The molecule has 2 aromatic carbocycles. The molecule has 20 heavy (non-hydrogen) atoms. The highest BCUT2D eigenvalue weighted by Gasteiger charge is 2.16. The summed E-state index contributed by atoms with van der Waals surface area (Å²) in [6, 6.07) is 9.62. The molecule has 0 aromatic heterocycles. The minimum Gasteiger partial charge on any atom is -0.478 e. The number of anilines is 2. The van der Waals surface area contributed by atoms with Gasteiger partial charge in [0.1, 0.15) is 11.6 Å². The highest BCUT2D eigenvalue weighted by Crippen LogP contribution is 2.30. The molecule has 0 bridgehead atoms. The third-order valence-electron chi connectivity index (χ3n) is 2.94. The Morgan fingerprint density at radius 3 is 2.30 bits per heavy atom. The van der Waals surface area contributed by atoms with Crippen molar-refractivity contribution in [3.8, 4) is 0 Å². The van der Waals surface area contributed by atoms with E-state index in [1.165, 1.54) is 23.1 Å². The van der Waals surface area contributed by atoms with Crippen molar-refractivity contribution in [1.82, 2.24) is 0 Å². The topological polar surface area (TPSA) is 40.5 Å². The molecule has 0 fully saturated rings. The Morgan fingerprint density at radius 1 is 1.10 bits per heavy atom. The Hall–Kier alpha value is -2.43. The van der Waals surface area contributed by atoms with Crippen molar-refractivity contribution in [2.45, 2.75) is 6.92 Å². The zero-order chi connectivity index (χ0) is 14.7. The van der Waals surface area contributed by atoms with Gasteiger partial charge in [-0.3, -0.25) is 0 Å². The zero-order valence-electron chi connectivity index (χ0n) is 10.8. The smallest absolute Gasteiger partial charge is 0.335 e. The second kappa shape index (κ2) is 5.69. The molecule has 0 aliphatic heterocycles. The summed E-state index contributed by atoms with van der Waals surface area (Å²) in [5.74, 6) is -2.37. The van der Waals surface area contributed by atoms with Gasteiger partial charge in [0, 0.05) is 6.54 Å². The van der Waals surface area contributed by atoms with E-state index in [-0.39, 0.29) is 16.9 Å². The quantitative estimate of drug-likeness (QED) is 0.923. The summed E-state index contributed by atoms with van der Waals surface area (Å²) in [6.07, 6.45) is 0. The molecule has 0 saturated carbocycles. The number of hydrogen-bond donors (Lipinski definition) is 1. The maximum atomic E-state index is 14.0. The van der Waals surface area contributed by atoms with Crippen molar-refractivity contribution in [1.29, 1.82) is 0 Å². The van der Waals surface area contributed by atoms with Crippen molar-refractivity contribution in [2.75, 3.05) is 11.4 Å². The van der Waals surface area contributed by atoms with Gasteiger partial charge in [0.05, 0.1) is 16.9 Å². The van der Waals surface area contributed by atoms with Gasteiger partial charge in [-0.2, -0.15) is 0 Å². The average molecular weight is 277 g/mol. The first-order chi connectivity index (χ1) is 9.54. The lowest BCUT2D eigenvalue weighted by Crippen LogP contribution is -2.19. The molecule has 0 aliphatic carbocycles. The fourth-order valence-electron chi connectivity index (χ4n) is 2.00. The molecule has 5 heteroatoms. The number of halogens is 2. The van der Waals surface area contributed by atoms with E-state index in [0.717, 1.165) is 6.07 Å². The van der Waals surface area contributed by atoms with Gasteiger partial charge in [0.25, 0.3) is 0 Å². The molecule has 0 radical (unpaired) electrons. The van der Waals surface area contributed by atoms with Gasteiger partial charge in [-0.05, 0) is 37.3 Å².